The van der Waals surface area contributed by atoms with E-state index in [1.807, 2.05) is 48.5 Å². The molecule has 0 aliphatic carbocycles. The summed E-state index contributed by atoms with van der Waals surface area (Å²) < 4.78 is 5.86. The van der Waals surface area contributed by atoms with Crippen molar-refractivity contribution in [2.45, 2.75) is 39.2 Å². The van der Waals surface area contributed by atoms with Gasteiger partial charge in [0.1, 0.15) is 5.75 Å². The van der Waals surface area contributed by atoms with E-state index in [-0.39, 0.29) is 5.91 Å². The average Bonchev–Trinajstić information content (AvgIpc) is 2.56. The topological polar surface area (TPSA) is 38.3 Å². The zero-order chi connectivity index (χ0) is 17.5. The van der Waals surface area contributed by atoms with Crippen LogP contribution in [0.15, 0.2) is 48.5 Å². The fraction of sp³-hybridized carbons (Fsp3) is 0.350. The molecule has 2 rings (SSSR count). The van der Waals surface area contributed by atoms with Gasteiger partial charge in [0.05, 0.1) is 0 Å². The number of hydrogen-bond donors (Lipinski definition) is 1. The summed E-state index contributed by atoms with van der Waals surface area (Å²) in [6.45, 7) is 6.56. The largest absolute Gasteiger partial charge is 0.481 e. The van der Waals surface area contributed by atoms with Gasteiger partial charge in [0, 0.05) is 11.6 Å². The maximum atomic E-state index is 12.2. The second-order valence-electron chi connectivity index (χ2n) is 6.12. The van der Waals surface area contributed by atoms with Crippen LogP contribution < -0.4 is 10.1 Å². The molecular weight excluding hydrogens is 322 g/mol. The maximum absolute atomic E-state index is 12.2. The van der Waals surface area contributed by atoms with E-state index in [0.29, 0.717) is 17.5 Å². The summed E-state index contributed by atoms with van der Waals surface area (Å²) in [4.78, 5) is 12.2. The van der Waals surface area contributed by atoms with Crippen molar-refractivity contribution in [3.05, 3.63) is 64.7 Å². The molecule has 3 nitrogen and oxygen atoms in total. The van der Waals surface area contributed by atoms with E-state index < -0.39 is 6.10 Å². The van der Waals surface area contributed by atoms with Crippen molar-refractivity contribution in [3.63, 3.8) is 0 Å². The van der Waals surface area contributed by atoms with Crippen molar-refractivity contribution in [1.82, 2.24) is 5.32 Å². The van der Waals surface area contributed by atoms with Crippen molar-refractivity contribution >= 4 is 17.5 Å². The first kappa shape index (κ1) is 18.3. The number of para-hydroxylation sites is 1. The Bertz CT molecular complexity index is 668. The van der Waals surface area contributed by atoms with Gasteiger partial charge in [-0.3, -0.25) is 4.79 Å². The Kier molecular flexibility index (Phi) is 6.68. The van der Waals surface area contributed by atoms with Crippen LogP contribution in [0.3, 0.4) is 0 Å². The third-order valence-electron chi connectivity index (χ3n) is 3.84. The first-order chi connectivity index (χ1) is 11.5. The van der Waals surface area contributed by atoms with Crippen LogP contribution in [-0.4, -0.2) is 18.6 Å². The summed E-state index contributed by atoms with van der Waals surface area (Å²) in [5, 5.41) is 3.63. The van der Waals surface area contributed by atoms with Crippen LogP contribution in [0.1, 0.15) is 37.8 Å². The molecule has 0 aromatic heterocycles. The zero-order valence-electron chi connectivity index (χ0n) is 14.4. The lowest BCUT2D eigenvalue weighted by Crippen LogP contribution is -2.37. The molecule has 0 spiro atoms. The number of carbonyl (C=O) groups excluding carboxylic acids is 1. The van der Waals surface area contributed by atoms with E-state index >= 15 is 0 Å². The molecule has 4 heteroatoms. The Hall–Kier alpha value is -2.00. The maximum Gasteiger partial charge on any atom is 0.260 e. The molecule has 1 amide bonds. The molecule has 1 N–H and O–H groups in total. The summed E-state index contributed by atoms with van der Waals surface area (Å²) in [5.41, 5.74) is 2.25. The first-order valence-electron chi connectivity index (χ1n) is 8.25. The van der Waals surface area contributed by atoms with Gasteiger partial charge in [0.2, 0.25) is 0 Å². The number of hydrogen-bond acceptors (Lipinski definition) is 2. The van der Waals surface area contributed by atoms with E-state index in [9.17, 15) is 4.79 Å². The van der Waals surface area contributed by atoms with Crippen LogP contribution in [0.25, 0.3) is 0 Å². The van der Waals surface area contributed by atoms with Gasteiger partial charge in [-0.25, -0.2) is 0 Å². The van der Waals surface area contributed by atoms with Crippen molar-refractivity contribution < 1.29 is 9.53 Å². The van der Waals surface area contributed by atoms with Crippen LogP contribution in [0.5, 0.6) is 5.75 Å². The summed E-state index contributed by atoms with van der Waals surface area (Å²) in [6.07, 6.45) is 0.230. The number of ether oxygens (including phenoxy) is 1. The SMILES string of the molecule is CC(C)c1ccccc1O[C@@H](C)C(=O)NCCc1ccc(Cl)cc1. The van der Waals surface area contributed by atoms with Gasteiger partial charge in [-0.15, -0.1) is 0 Å². The van der Waals surface area contributed by atoms with Gasteiger partial charge in [-0.2, -0.15) is 0 Å². The molecule has 0 heterocycles. The molecule has 0 aliphatic heterocycles. The Labute approximate surface area is 149 Å². The molecule has 0 radical (unpaired) electrons. The van der Waals surface area contributed by atoms with Gasteiger partial charge in [0.15, 0.2) is 6.10 Å². The Morgan fingerprint density at radius 3 is 2.42 bits per heavy atom. The molecule has 2 aromatic rings. The fourth-order valence-electron chi connectivity index (χ4n) is 2.43. The number of amides is 1. The van der Waals surface area contributed by atoms with E-state index in [1.54, 1.807) is 6.92 Å². The highest BCUT2D eigenvalue weighted by Gasteiger charge is 2.16. The van der Waals surface area contributed by atoms with Crippen LogP contribution in [0.4, 0.5) is 0 Å². The van der Waals surface area contributed by atoms with Gasteiger partial charge >= 0.3 is 0 Å². The van der Waals surface area contributed by atoms with Gasteiger partial charge in [-0.05, 0) is 48.6 Å². The van der Waals surface area contributed by atoms with Crippen LogP contribution in [-0.2, 0) is 11.2 Å². The zero-order valence-corrected chi connectivity index (χ0v) is 15.1. The molecule has 24 heavy (non-hydrogen) atoms. The Balaban J connectivity index is 1.85. The predicted octanol–water partition coefficient (Wildman–Crippen LogP) is 4.59. The van der Waals surface area contributed by atoms with E-state index in [1.165, 1.54) is 0 Å². The lowest BCUT2D eigenvalue weighted by atomic mass is 10.0. The van der Waals surface area contributed by atoms with Crippen LogP contribution in [0, 0.1) is 0 Å². The highest BCUT2D eigenvalue weighted by Crippen LogP contribution is 2.26. The van der Waals surface area contributed by atoms with E-state index in [4.69, 9.17) is 16.3 Å². The molecular formula is C20H24ClNO2. The Morgan fingerprint density at radius 1 is 1.08 bits per heavy atom. The molecule has 128 valence electrons. The van der Waals surface area contributed by atoms with Gasteiger partial charge in [0.25, 0.3) is 5.91 Å². The standard InChI is InChI=1S/C20H24ClNO2/c1-14(2)18-6-4-5-7-19(18)24-15(3)20(23)22-13-12-16-8-10-17(21)11-9-16/h4-11,14-15H,12-13H2,1-3H3,(H,22,23)/t15-/m0/s1. The number of halogens is 1. The third-order valence-corrected chi connectivity index (χ3v) is 4.09. The van der Waals surface area contributed by atoms with Gasteiger partial charge < -0.3 is 10.1 Å². The summed E-state index contributed by atoms with van der Waals surface area (Å²) >= 11 is 5.86. The molecule has 0 aliphatic rings. The lowest BCUT2D eigenvalue weighted by Gasteiger charge is -2.18. The number of nitrogens with one attached hydrogen (secondary N) is 1. The third kappa shape index (κ3) is 5.27. The summed E-state index contributed by atoms with van der Waals surface area (Å²) in [7, 11) is 0. The van der Waals surface area contributed by atoms with E-state index in [0.717, 1.165) is 23.3 Å². The highest BCUT2D eigenvalue weighted by atomic mass is 35.5. The minimum absolute atomic E-state index is 0.109. The van der Waals surface area contributed by atoms with Crippen molar-refractivity contribution in [2.24, 2.45) is 0 Å². The minimum Gasteiger partial charge on any atom is -0.481 e. The second-order valence-corrected chi connectivity index (χ2v) is 6.56. The quantitative estimate of drug-likeness (QED) is 0.797. The lowest BCUT2D eigenvalue weighted by molar-refractivity contribution is -0.127. The summed E-state index contributed by atoms with van der Waals surface area (Å²) in [5.74, 6) is 1.01. The van der Waals surface area contributed by atoms with Crippen molar-refractivity contribution in [2.75, 3.05) is 6.54 Å². The van der Waals surface area contributed by atoms with Crippen LogP contribution in [0.2, 0.25) is 5.02 Å². The average molecular weight is 346 g/mol. The number of carbonyl (C=O) groups is 1. The second kappa shape index (κ2) is 8.74. The predicted molar refractivity (Wildman–Crippen MR) is 98.8 cm³/mol. The van der Waals surface area contributed by atoms with Crippen molar-refractivity contribution in [3.8, 4) is 5.75 Å². The molecule has 0 saturated carbocycles. The van der Waals surface area contributed by atoms with E-state index in [2.05, 4.69) is 19.2 Å². The molecule has 0 bridgehead atoms. The van der Waals surface area contributed by atoms with Gasteiger partial charge in [-0.1, -0.05) is 55.8 Å². The highest BCUT2D eigenvalue weighted by molar-refractivity contribution is 6.30. The number of rotatable bonds is 7. The monoisotopic (exact) mass is 345 g/mol. The molecule has 1 atom stereocenters. The minimum atomic E-state index is -0.532. The fourth-order valence-corrected chi connectivity index (χ4v) is 2.56. The first-order valence-corrected chi connectivity index (χ1v) is 8.63. The molecule has 0 unspecified atom stereocenters. The smallest absolute Gasteiger partial charge is 0.260 e. The summed E-state index contributed by atoms with van der Waals surface area (Å²) in [6, 6.07) is 15.5. The normalized spacial score (nSPS) is 12.0. The Morgan fingerprint density at radius 2 is 1.75 bits per heavy atom. The molecule has 0 fully saturated rings. The van der Waals surface area contributed by atoms with Crippen LogP contribution >= 0.6 is 11.6 Å². The van der Waals surface area contributed by atoms with Crippen molar-refractivity contribution in [1.29, 1.82) is 0 Å². The molecule has 0 saturated heterocycles. The molecule has 2 aromatic carbocycles. The number of benzene rings is 2.